The molecule has 0 radical (unpaired) electrons. The molecule has 8 heteroatoms. The number of carbonyl (C=O) groups is 2. The number of primary amides is 1. The Hall–Kier alpha value is -3.42. The van der Waals surface area contributed by atoms with Crippen LogP contribution in [0.25, 0.3) is 11.0 Å². The highest BCUT2D eigenvalue weighted by atomic mass is 16.5. The van der Waals surface area contributed by atoms with Crippen LogP contribution >= 0.6 is 0 Å². The normalized spacial score (nSPS) is 10.9. The third kappa shape index (κ3) is 4.42. The van der Waals surface area contributed by atoms with Gasteiger partial charge in [0, 0.05) is 31.3 Å². The van der Waals surface area contributed by atoms with Gasteiger partial charge < -0.3 is 15.8 Å². The molecule has 0 spiro atoms. The van der Waals surface area contributed by atoms with Gasteiger partial charge in [-0.25, -0.2) is 9.67 Å². The maximum Gasteiger partial charge on any atom is 0.248 e. The minimum Gasteiger partial charge on any atom is -0.479 e. The molecule has 3 aromatic rings. The fourth-order valence-electron chi connectivity index (χ4n) is 3.66. The average Bonchev–Trinajstić information content (AvgIpc) is 3.03. The Balaban J connectivity index is 1.61. The minimum absolute atomic E-state index is 0.0295. The molecular formula is C22H27N5O3. The van der Waals surface area contributed by atoms with Gasteiger partial charge in [0.2, 0.25) is 17.7 Å². The first-order valence-corrected chi connectivity index (χ1v) is 9.84. The van der Waals surface area contributed by atoms with Crippen molar-refractivity contribution < 1.29 is 14.3 Å². The second-order valence-corrected chi connectivity index (χ2v) is 7.30. The molecule has 2 heterocycles. The monoisotopic (exact) mass is 409 g/mol. The van der Waals surface area contributed by atoms with Crippen molar-refractivity contribution in [2.45, 2.75) is 33.1 Å². The lowest BCUT2D eigenvalue weighted by atomic mass is 10.00. The average molecular weight is 409 g/mol. The Morgan fingerprint density at radius 1 is 1.23 bits per heavy atom. The highest BCUT2D eigenvalue weighted by Gasteiger charge is 2.18. The first-order valence-electron chi connectivity index (χ1n) is 9.84. The van der Waals surface area contributed by atoms with Gasteiger partial charge in [0.25, 0.3) is 0 Å². The molecule has 3 N–H and O–H groups in total. The molecule has 0 saturated carbocycles. The molecule has 1 aromatic carbocycles. The standard InChI is InChI=1S/C22H27N5O3/c1-13-17(14(2)25-21-19(13)22(30-4)26-27(21)3)8-9-18(28)24-11-10-15-6-5-7-16(12-15)20(23)29/h5-7,12H,8-11H2,1-4H3,(H2,23,29)(H,24,28). The van der Waals surface area contributed by atoms with E-state index < -0.39 is 5.91 Å². The smallest absolute Gasteiger partial charge is 0.248 e. The fourth-order valence-corrected chi connectivity index (χ4v) is 3.66. The molecule has 8 nitrogen and oxygen atoms in total. The molecule has 0 aliphatic heterocycles. The van der Waals surface area contributed by atoms with Crippen molar-refractivity contribution in [3.63, 3.8) is 0 Å². The number of hydrogen-bond donors (Lipinski definition) is 2. The fraction of sp³-hybridized carbons (Fsp3) is 0.364. The van der Waals surface area contributed by atoms with Crippen LogP contribution in [0.2, 0.25) is 0 Å². The Kier molecular flexibility index (Phi) is 6.34. The predicted molar refractivity (Wildman–Crippen MR) is 115 cm³/mol. The Bertz CT molecular complexity index is 1100. The summed E-state index contributed by atoms with van der Waals surface area (Å²) in [4.78, 5) is 28.3. The Labute approximate surface area is 175 Å². The van der Waals surface area contributed by atoms with Crippen LogP contribution in [0.1, 0.15) is 39.2 Å². The number of hydrogen-bond acceptors (Lipinski definition) is 5. The molecule has 0 unspecified atom stereocenters. The highest BCUT2D eigenvalue weighted by Crippen LogP contribution is 2.30. The van der Waals surface area contributed by atoms with E-state index in [1.165, 1.54) is 0 Å². The lowest BCUT2D eigenvalue weighted by Crippen LogP contribution is -2.26. The van der Waals surface area contributed by atoms with Gasteiger partial charge in [-0.2, -0.15) is 0 Å². The summed E-state index contributed by atoms with van der Waals surface area (Å²) < 4.78 is 7.09. The summed E-state index contributed by atoms with van der Waals surface area (Å²) in [5.41, 5.74) is 10.5. The molecule has 0 fully saturated rings. The van der Waals surface area contributed by atoms with Gasteiger partial charge in [0.05, 0.1) is 12.5 Å². The zero-order valence-corrected chi connectivity index (χ0v) is 17.8. The quantitative estimate of drug-likeness (QED) is 0.591. The van der Waals surface area contributed by atoms with E-state index in [1.807, 2.05) is 27.0 Å². The van der Waals surface area contributed by atoms with Crippen LogP contribution in [0, 0.1) is 13.8 Å². The third-order valence-electron chi connectivity index (χ3n) is 5.27. The first kappa shape index (κ1) is 21.3. The molecule has 2 aromatic heterocycles. The van der Waals surface area contributed by atoms with E-state index in [0.717, 1.165) is 33.4 Å². The lowest BCUT2D eigenvalue weighted by Gasteiger charge is -2.11. The molecule has 0 atom stereocenters. The molecule has 158 valence electrons. The second-order valence-electron chi connectivity index (χ2n) is 7.30. The van der Waals surface area contributed by atoms with Gasteiger partial charge in [0.15, 0.2) is 5.65 Å². The Morgan fingerprint density at radius 3 is 2.70 bits per heavy atom. The molecule has 3 rings (SSSR count). The number of carbonyl (C=O) groups excluding carboxylic acids is 2. The van der Waals surface area contributed by atoms with E-state index in [1.54, 1.807) is 30.0 Å². The van der Waals surface area contributed by atoms with E-state index in [-0.39, 0.29) is 5.91 Å². The topological polar surface area (TPSA) is 112 Å². The molecule has 0 aliphatic rings. The third-order valence-corrected chi connectivity index (χ3v) is 5.27. The molecule has 0 aliphatic carbocycles. The highest BCUT2D eigenvalue weighted by molar-refractivity contribution is 5.92. The maximum absolute atomic E-state index is 12.3. The van der Waals surface area contributed by atoms with Gasteiger partial charge in [-0.05, 0) is 55.5 Å². The summed E-state index contributed by atoms with van der Waals surface area (Å²) in [6.07, 6.45) is 1.58. The Morgan fingerprint density at radius 2 is 2.00 bits per heavy atom. The van der Waals surface area contributed by atoms with Crippen molar-refractivity contribution in [3.8, 4) is 5.88 Å². The van der Waals surface area contributed by atoms with Crippen molar-refractivity contribution in [2.75, 3.05) is 13.7 Å². The van der Waals surface area contributed by atoms with E-state index in [2.05, 4.69) is 15.4 Å². The van der Waals surface area contributed by atoms with E-state index in [9.17, 15) is 9.59 Å². The SMILES string of the molecule is COc1nn(C)c2nc(C)c(CCC(=O)NCCc3cccc(C(N)=O)c3)c(C)c12. The van der Waals surface area contributed by atoms with Crippen LogP contribution < -0.4 is 15.8 Å². The maximum atomic E-state index is 12.3. The number of rotatable bonds is 8. The van der Waals surface area contributed by atoms with Crippen molar-refractivity contribution >= 4 is 22.8 Å². The number of pyridine rings is 1. The van der Waals surface area contributed by atoms with Crippen molar-refractivity contribution in [1.82, 2.24) is 20.1 Å². The first-order chi connectivity index (χ1) is 14.3. The molecule has 0 bridgehead atoms. The number of methoxy groups -OCH3 is 1. The molecule has 30 heavy (non-hydrogen) atoms. The number of benzene rings is 1. The van der Waals surface area contributed by atoms with Crippen LogP contribution in [-0.2, 0) is 24.7 Å². The van der Waals surface area contributed by atoms with Gasteiger partial charge in [-0.15, -0.1) is 5.10 Å². The van der Waals surface area contributed by atoms with Crippen molar-refractivity contribution in [1.29, 1.82) is 0 Å². The van der Waals surface area contributed by atoms with Gasteiger partial charge in [-0.3, -0.25) is 9.59 Å². The largest absolute Gasteiger partial charge is 0.479 e. The number of amides is 2. The van der Waals surface area contributed by atoms with Crippen LogP contribution in [0.5, 0.6) is 5.88 Å². The number of aryl methyl sites for hydroxylation is 3. The van der Waals surface area contributed by atoms with E-state index in [4.69, 9.17) is 10.5 Å². The number of ether oxygens (including phenoxy) is 1. The van der Waals surface area contributed by atoms with E-state index >= 15 is 0 Å². The zero-order valence-electron chi connectivity index (χ0n) is 17.8. The number of nitrogens with two attached hydrogens (primary N) is 1. The lowest BCUT2D eigenvalue weighted by molar-refractivity contribution is -0.121. The number of aromatic nitrogens is 3. The molecule has 2 amide bonds. The van der Waals surface area contributed by atoms with Gasteiger partial charge in [0.1, 0.15) is 0 Å². The summed E-state index contributed by atoms with van der Waals surface area (Å²) in [5.74, 6) is 0.0574. The number of nitrogens with zero attached hydrogens (tertiary/aromatic N) is 3. The van der Waals surface area contributed by atoms with Gasteiger partial charge >= 0.3 is 0 Å². The molecular weight excluding hydrogens is 382 g/mol. The van der Waals surface area contributed by atoms with Crippen LogP contribution in [0.4, 0.5) is 0 Å². The number of nitrogens with one attached hydrogen (secondary N) is 1. The predicted octanol–water partition coefficient (Wildman–Crippen LogP) is 1.98. The van der Waals surface area contributed by atoms with Crippen molar-refractivity contribution in [3.05, 3.63) is 52.2 Å². The summed E-state index contributed by atoms with van der Waals surface area (Å²) in [6, 6.07) is 7.13. The summed E-state index contributed by atoms with van der Waals surface area (Å²) >= 11 is 0. The summed E-state index contributed by atoms with van der Waals surface area (Å²) in [6.45, 7) is 4.46. The minimum atomic E-state index is -0.456. The van der Waals surface area contributed by atoms with Crippen LogP contribution in [0.3, 0.4) is 0 Å². The van der Waals surface area contributed by atoms with E-state index in [0.29, 0.717) is 37.3 Å². The summed E-state index contributed by atoms with van der Waals surface area (Å²) in [5, 5.41) is 8.18. The second kappa shape index (κ2) is 8.94. The summed E-state index contributed by atoms with van der Waals surface area (Å²) in [7, 11) is 3.43. The van der Waals surface area contributed by atoms with Gasteiger partial charge in [-0.1, -0.05) is 12.1 Å². The van der Waals surface area contributed by atoms with Crippen LogP contribution in [-0.4, -0.2) is 40.2 Å². The zero-order chi connectivity index (χ0) is 21.8. The molecule has 0 saturated heterocycles. The van der Waals surface area contributed by atoms with Crippen molar-refractivity contribution in [2.24, 2.45) is 12.8 Å². The van der Waals surface area contributed by atoms with Crippen LogP contribution in [0.15, 0.2) is 24.3 Å². The number of fused-ring (bicyclic) bond motifs is 1.